The van der Waals surface area contributed by atoms with Gasteiger partial charge in [-0.2, -0.15) is 0 Å². The molecule has 0 aliphatic carbocycles. The Morgan fingerprint density at radius 3 is 2.30 bits per heavy atom. The summed E-state index contributed by atoms with van der Waals surface area (Å²) in [5.41, 5.74) is 4.01. The first kappa shape index (κ1) is 19.5. The summed E-state index contributed by atoms with van der Waals surface area (Å²) in [4.78, 5) is 39.7. The molecular weight excluding hydrogens is 383 g/mol. The van der Waals surface area contributed by atoms with Crippen LogP contribution in [0, 0.1) is 26.6 Å². The van der Waals surface area contributed by atoms with Crippen LogP contribution in [0.4, 0.5) is 15.8 Å². The number of nitrogens with one attached hydrogen (secondary N) is 1. The Morgan fingerprint density at radius 2 is 1.57 bits per heavy atom. The summed E-state index contributed by atoms with van der Waals surface area (Å²) in [7, 11) is 0. The lowest BCUT2D eigenvalue weighted by atomic mass is 10.0. The van der Waals surface area contributed by atoms with Gasteiger partial charge in [0.05, 0.1) is 16.8 Å². The molecule has 0 saturated carbocycles. The Morgan fingerprint density at radius 1 is 0.833 bits per heavy atom. The zero-order chi connectivity index (χ0) is 21.6. The van der Waals surface area contributed by atoms with Crippen molar-refractivity contribution in [2.75, 3.05) is 10.2 Å². The number of fused-ring (bicyclic) bond motifs is 1. The van der Waals surface area contributed by atoms with Crippen LogP contribution >= 0.6 is 0 Å². The minimum atomic E-state index is -0.462. The van der Waals surface area contributed by atoms with Crippen molar-refractivity contribution in [3.63, 3.8) is 0 Å². The van der Waals surface area contributed by atoms with E-state index in [1.165, 1.54) is 36.4 Å². The lowest BCUT2D eigenvalue weighted by Crippen LogP contribution is -2.30. The second kappa shape index (κ2) is 7.22. The molecule has 1 heterocycles. The highest BCUT2D eigenvalue weighted by Gasteiger charge is 2.37. The van der Waals surface area contributed by atoms with E-state index in [1.54, 1.807) is 13.0 Å². The first-order valence-corrected chi connectivity index (χ1v) is 9.44. The highest BCUT2D eigenvalue weighted by atomic mass is 19.1. The number of halogens is 1. The maximum absolute atomic E-state index is 13.3. The normalized spacial score (nSPS) is 12.9. The van der Waals surface area contributed by atoms with Crippen molar-refractivity contribution in [3.8, 4) is 0 Å². The summed E-state index contributed by atoms with van der Waals surface area (Å²) in [6.45, 7) is 5.41. The monoisotopic (exact) mass is 402 g/mol. The Balaban J connectivity index is 1.66. The van der Waals surface area contributed by atoms with Gasteiger partial charge in [-0.1, -0.05) is 12.1 Å². The number of amides is 3. The highest BCUT2D eigenvalue weighted by Crippen LogP contribution is 2.32. The van der Waals surface area contributed by atoms with Gasteiger partial charge in [0.15, 0.2) is 0 Å². The summed E-state index contributed by atoms with van der Waals surface area (Å²) >= 11 is 0. The number of hydrogen-bond donors (Lipinski definition) is 1. The minimum Gasteiger partial charge on any atom is -0.322 e. The highest BCUT2D eigenvalue weighted by molar-refractivity contribution is 6.35. The number of anilines is 2. The van der Waals surface area contributed by atoms with E-state index < -0.39 is 23.5 Å². The van der Waals surface area contributed by atoms with Crippen LogP contribution in [0.25, 0.3) is 0 Å². The van der Waals surface area contributed by atoms with E-state index in [2.05, 4.69) is 5.32 Å². The number of imide groups is 1. The van der Waals surface area contributed by atoms with Crippen molar-refractivity contribution >= 4 is 29.1 Å². The van der Waals surface area contributed by atoms with Crippen molar-refractivity contribution in [2.24, 2.45) is 0 Å². The Labute approximate surface area is 173 Å². The van der Waals surface area contributed by atoms with Crippen LogP contribution in [0.1, 0.15) is 47.8 Å². The van der Waals surface area contributed by atoms with E-state index in [0.717, 1.165) is 16.0 Å². The zero-order valence-electron chi connectivity index (χ0n) is 16.7. The molecule has 1 aliphatic heterocycles. The molecular formula is C24H19FN2O3. The summed E-state index contributed by atoms with van der Waals surface area (Å²) in [6, 6.07) is 14.1. The molecule has 6 heteroatoms. The van der Waals surface area contributed by atoms with Gasteiger partial charge in [-0.05, 0) is 79.9 Å². The lowest BCUT2D eigenvalue weighted by molar-refractivity contribution is 0.0925. The van der Waals surface area contributed by atoms with Crippen molar-refractivity contribution in [3.05, 3.63) is 93.8 Å². The average Bonchev–Trinajstić information content (AvgIpc) is 2.96. The third kappa shape index (κ3) is 3.26. The predicted molar refractivity (Wildman–Crippen MR) is 113 cm³/mol. The van der Waals surface area contributed by atoms with Gasteiger partial charge in [-0.25, -0.2) is 9.29 Å². The van der Waals surface area contributed by atoms with Crippen molar-refractivity contribution in [1.29, 1.82) is 0 Å². The summed E-state index contributed by atoms with van der Waals surface area (Å²) in [5, 5.41) is 2.71. The molecule has 0 atom stereocenters. The standard InChI is InChI=1S/C24H19FN2O3/c1-13-4-5-14(2)21(10-13)27-23(29)18-8-6-16(12-19(18)24(27)30)22(28)26-20-9-7-17(25)11-15(20)3/h4-12H,1-3H3,(H,26,28). The molecule has 1 N–H and O–H groups in total. The smallest absolute Gasteiger partial charge is 0.266 e. The van der Waals surface area contributed by atoms with Crippen LogP contribution in [0.2, 0.25) is 0 Å². The molecule has 1 aliphatic rings. The zero-order valence-corrected chi connectivity index (χ0v) is 16.7. The van der Waals surface area contributed by atoms with Gasteiger partial charge in [-0.3, -0.25) is 14.4 Å². The third-order valence-corrected chi connectivity index (χ3v) is 5.19. The Hall–Kier alpha value is -3.80. The van der Waals surface area contributed by atoms with Crippen molar-refractivity contribution in [2.45, 2.75) is 20.8 Å². The molecule has 4 rings (SSSR count). The summed E-state index contributed by atoms with van der Waals surface area (Å²) < 4.78 is 13.3. The summed E-state index contributed by atoms with van der Waals surface area (Å²) in [5.74, 6) is -1.71. The first-order chi connectivity index (χ1) is 14.3. The number of nitrogens with zero attached hydrogens (tertiary/aromatic N) is 1. The van der Waals surface area contributed by atoms with Gasteiger partial charge in [-0.15, -0.1) is 0 Å². The number of benzene rings is 3. The number of hydrogen-bond acceptors (Lipinski definition) is 3. The third-order valence-electron chi connectivity index (χ3n) is 5.19. The molecule has 0 bridgehead atoms. The van der Waals surface area contributed by atoms with E-state index >= 15 is 0 Å². The van der Waals surface area contributed by atoms with Gasteiger partial charge >= 0.3 is 0 Å². The number of carbonyl (C=O) groups excluding carboxylic acids is 3. The van der Waals surface area contributed by atoms with Crippen LogP contribution in [0.5, 0.6) is 0 Å². The van der Waals surface area contributed by atoms with Gasteiger partial charge in [0.1, 0.15) is 5.82 Å². The van der Waals surface area contributed by atoms with Crippen LogP contribution in [-0.4, -0.2) is 17.7 Å². The van der Waals surface area contributed by atoms with E-state index in [4.69, 9.17) is 0 Å². The second-order valence-corrected chi connectivity index (χ2v) is 7.41. The van der Waals surface area contributed by atoms with Crippen LogP contribution in [0.3, 0.4) is 0 Å². The fourth-order valence-electron chi connectivity index (χ4n) is 3.52. The maximum Gasteiger partial charge on any atom is 0.266 e. The lowest BCUT2D eigenvalue weighted by Gasteiger charge is -2.17. The van der Waals surface area contributed by atoms with Gasteiger partial charge in [0, 0.05) is 11.3 Å². The number of rotatable bonds is 3. The SMILES string of the molecule is Cc1ccc(C)c(N2C(=O)c3ccc(C(=O)Nc4ccc(F)cc4C)cc3C2=O)c1. The molecule has 3 aromatic carbocycles. The first-order valence-electron chi connectivity index (χ1n) is 9.44. The Bertz CT molecular complexity index is 1230. The molecule has 150 valence electrons. The molecule has 0 unspecified atom stereocenters. The molecule has 5 nitrogen and oxygen atoms in total. The van der Waals surface area contributed by atoms with Crippen LogP contribution in [-0.2, 0) is 0 Å². The van der Waals surface area contributed by atoms with E-state index in [-0.39, 0.29) is 16.7 Å². The maximum atomic E-state index is 13.3. The number of aryl methyl sites for hydroxylation is 3. The summed E-state index contributed by atoms with van der Waals surface area (Å²) in [6.07, 6.45) is 0. The van der Waals surface area contributed by atoms with Crippen LogP contribution < -0.4 is 10.2 Å². The molecule has 0 saturated heterocycles. The Kier molecular flexibility index (Phi) is 4.70. The number of carbonyl (C=O) groups is 3. The van der Waals surface area contributed by atoms with Crippen molar-refractivity contribution in [1.82, 2.24) is 0 Å². The van der Waals surface area contributed by atoms with Crippen molar-refractivity contribution < 1.29 is 18.8 Å². The topological polar surface area (TPSA) is 66.5 Å². The fourth-order valence-corrected chi connectivity index (χ4v) is 3.52. The van der Waals surface area contributed by atoms with Gasteiger partial charge < -0.3 is 5.32 Å². The second-order valence-electron chi connectivity index (χ2n) is 7.41. The predicted octanol–water partition coefficient (Wildman–Crippen LogP) is 4.80. The average molecular weight is 402 g/mol. The molecule has 3 aromatic rings. The van der Waals surface area contributed by atoms with Gasteiger partial charge in [0.25, 0.3) is 17.7 Å². The van der Waals surface area contributed by atoms with Gasteiger partial charge in [0.2, 0.25) is 0 Å². The molecule has 3 amide bonds. The molecule has 30 heavy (non-hydrogen) atoms. The largest absolute Gasteiger partial charge is 0.322 e. The molecule has 0 fully saturated rings. The molecule has 0 aromatic heterocycles. The van der Waals surface area contributed by atoms with E-state index in [9.17, 15) is 18.8 Å². The quantitative estimate of drug-likeness (QED) is 0.640. The fraction of sp³-hybridized carbons (Fsp3) is 0.125. The molecule has 0 spiro atoms. The van der Waals surface area contributed by atoms with Crippen LogP contribution in [0.15, 0.2) is 54.6 Å². The van der Waals surface area contributed by atoms with E-state index in [1.807, 2.05) is 26.0 Å². The van der Waals surface area contributed by atoms with E-state index in [0.29, 0.717) is 16.9 Å². The minimum absolute atomic E-state index is 0.185. The molecule has 0 radical (unpaired) electrons.